The second kappa shape index (κ2) is 5.11. The molecule has 2 fully saturated rings. The Morgan fingerprint density at radius 3 is 1.86 bits per heavy atom. The smallest absolute Gasteiger partial charge is 0.434 e. The van der Waals surface area contributed by atoms with Crippen molar-refractivity contribution >= 4 is 12.3 Å². The summed E-state index contributed by atoms with van der Waals surface area (Å²) in [6.07, 6.45) is -0.359. The fraction of sp³-hybridized carbons (Fsp3) is 0.500. The molecule has 0 bridgehead atoms. The summed E-state index contributed by atoms with van der Waals surface area (Å²) in [6.45, 7) is 4.57. The third-order valence-corrected chi connectivity index (χ3v) is 1.31. The van der Waals surface area contributed by atoms with Crippen LogP contribution >= 0.6 is 0 Å². The molecule has 0 saturated carbocycles. The lowest BCUT2D eigenvalue weighted by Crippen LogP contribution is -2.16. The fourth-order valence-corrected chi connectivity index (χ4v) is 0.728. The van der Waals surface area contributed by atoms with Gasteiger partial charge in [0.1, 0.15) is 5.76 Å². The summed E-state index contributed by atoms with van der Waals surface area (Å²) in [5.74, 6) is 0.380. The zero-order valence-corrected chi connectivity index (χ0v) is 7.49. The first-order chi connectivity index (χ1) is 6.68. The quantitative estimate of drug-likeness (QED) is 0.550. The van der Waals surface area contributed by atoms with Crippen molar-refractivity contribution in [3.05, 3.63) is 12.3 Å². The van der Waals surface area contributed by atoms with Gasteiger partial charge in [0.2, 0.25) is 0 Å². The molecule has 2 saturated heterocycles. The van der Waals surface area contributed by atoms with Crippen molar-refractivity contribution in [2.24, 2.45) is 0 Å². The molecule has 14 heavy (non-hydrogen) atoms. The third-order valence-electron chi connectivity index (χ3n) is 1.31. The van der Waals surface area contributed by atoms with Crippen LogP contribution in [-0.4, -0.2) is 32.1 Å². The minimum atomic E-state index is -0.648. The minimum Gasteiger partial charge on any atom is -0.434 e. The summed E-state index contributed by atoms with van der Waals surface area (Å²) in [6, 6.07) is 0. The van der Waals surface area contributed by atoms with Crippen molar-refractivity contribution in [1.82, 2.24) is 0 Å². The van der Waals surface area contributed by atoms with Gasteiger partial charge >= 0.3 is 12.3 Å². The van der Waals surface area contributed by atoms with Gasteiger partial charge in [-0.3, -0.25) is 0 Å². The Bertz CT molecular complexity index is 224. The molecule has 6 heteroatoms. The molecule has 2 aliphatic heterocycles. The van der Waals surface area contributed by atoms with Gasteiger partial charge in [-0.25, -0.2) is 9.59 Å². The minimum absolute atomic E-state index is 0.207. The van der Waals surface area contributed by atoms with Crippen LogP contribution in [0.4, 0.5) is 9.59 Å². The highest BCUT2D eigenvalue weighted by Crippen LogP contribution is 2.05. The molecule has 2 aliphatic rings. The third kappa shape index (κ3) is 3.79. The molecule has 0 aromatic rings. The number of carbonyl (C=O) groups is 2. The van der Waals surface area contributed by atoms with Gasteiger partial charge in [0.15, 0.2) is 6.61 Å². The van der Waals surface area contributed by atoms with Crippen LogP contribution in [0.3, 0.4) is 0 Å². The zero-order valence-electron chi connectivity index (χ0n) is 7.49. The van der Waals surface area contributed by atoms with E-state index in [1.807, 2.05) is 0 Å². The van der Waals surface area contributed by atoms with Crippen LogP contribution < -0.4 is 0 Å². The van der Waals surface area contributed by atoms with E-state index in [4.69, 9.17) is 0 Å². The van der Waals surface area contributed by atoms with Crippen LogP contribution in [0.15, 0.2) is 12.3 Å². The Hall–Kier alpha value is -1.72. The van der Waals surface area contributed by atoms with Crippen molar-refractivity contribution in [2.45, 2.75) is 6.42 Å². The van der Waals surface area contributed by atoms with E-state index in [9.17, 15) is 9.59 Å². The molecule has 2 rings (SSSR count). The van der Waals surface area contributed by atoms with Crippen LogP contribution in [0, 0.1) is 0 Å². The maximum absolute atomic E-state index is 10.0. The fourth-order valence-electron chi connectivity index (χ4n) is 0.728. The first kappa shape index (κ1) is 10.4. The lowest BCUT2D eigenvalue weighted by atomic mass is 10.5. The highest BCUT2D eigenvalue weighted by molar-refractivity contribution is 5.63. The van der Waals surface area contributed by atoms with Gasteiger partial charge in [-0.15, -0.1) is 0 Å². The largest absolute Gasteiger partial charge is 0.514 e. The molecule has 0 amide bonds. The summed E-state index contributed by atoms with van der Waals surface area (Å²) in [5.41, 5.74) is 0. The van der Waals surface area contributed by atoms with Gasteiger partial charge in [0.05, 0.1) is 13.2 Å². The predicted molar refractivity (Wildman–Crippen MR) is 43.5 cm³/mol. The molecule has 2 heterocycles. The standard InChI is InChI=1S/C4H4O3.C4H6O3/c1-3-2-6-4(5)7-3;5-4-6-2-1-3-7-4/h1-2H2;1-3H2. The predicted octanol–water partition coefficient (Wildman–Crippen LogP) is 1.21. The Morgan fingerprint density at radius 1 is 1.00 bits per heavy atom. The Kier molecular flexibility index (Phi) is 3.78. The van der Waals surface area contributed by atoms with Crippen LogP contribution in [0.1, 0.15) is 6.42 Å². The number of cyclic esters (lactones) is 4. The number of rotatable bonds is 0. The Morgan fingerprint density at radius 2 is 1.64 bits per heavy atom. The molecule has 78 valence electrons. The van der Waals surface area contributed by atoms with Gasteiger partial charge in [-0.1, -0.05) is 6.58 Å². The number of hydrogen-bond acceptors (Lipinski definition) is 6. The summed E-state index contributed by atoms with van der Waals surface area (Å²) in [5, 5.41) is 0. The molecule has 0 atom stereocenters. The summed E-state index contributed by atoms with van der Waals surface area (Å²) < 4.78 is 17.4. The van der Waals surface area contributed by atoms with Crippen LogP contribution in [0.2, 0.25) is 0 Å². The van der Waals surface area contributed by atoms with Crippen molar-refractivity contribution in [3.63, 3.8) is 0 Å². The van der Waals surface area contributed by atoms with Crippen LogP contribution in [0.25, 0.3) is 0 Å². The Labute approximate surface area is 80.4 Å². The lowest BCUT2D eigenvalue weighted by molar-refractivity contribution is 0.0192. The van der Waals surface area contributed by atoms with Crippen LogP contribution in [0.5, 0.6) is 0 Å². The molecular weight excluding hydrogens is 192 g/mol. The van der Waals surface area contributed by atoms with E-state index in [1.165, 1.54) is 0 Å². The average molecular weight is 202 g/mol. The average Bonchev–Trinajstić information content (AvgIpc) is 2.52. The maximum Gasteiger partial charge on any atom is 0.514 e. The molecule has 0 unspecified atom stereocenters. The topological polar surface area (TPSA) is 71.1 Å². The Balaban J connectivity index is 0.000000140. The maximum atomic E-state index is 10.0. The molecule has 0 aromatic carbocycles. The molecular formula is C8H10O6. The van der Waals surface area contributed by atoms with E-state index in [0.717, 1.165) is 6.42 Å². The number of carbonyl (C=O) groups excluding carboxylic acids is 2. The normalized spacial score (nSPS) is 19.6. The van der Waals surface area contributed by atoms with Crippen LogP contribution in [-0.2, 0) is 18.9 Å². The van der Waals surface area contributed by atoms with Gasteiger partial charge in [-0.05, 0) is 0 Å². The monoisotopic (exact) mass is 202 g/mol. The second-order valence-corrected chi connectivity index (χ2v) is 2.48. The van der Waals surface area contributed by atoms with Gasteiger partial charge in [-0.2, -0.15) is 0 Å². The second-order valence-electron chi connectivity index (χ2n) is 2.48. The van der Waals surface area contributed by atoms with Crippen molar-refractivity contribution in [2.75, 3.05) is 19.8 Å². The summed E-state index contributed by atoms with van der Waals surface area (Å²) in [7, 11) is 0. The first-order valence-corrected chi connectivity index (χ1v) is 4.00. The number of hydrogen-bond donors (Lipinski definition) is 0. The molecule has 0 N–H and O–H groups in total. The van der Waals surface area contributed by atoms with E-state index in [-0.39, 0.29) is 6.61 Å². The first-order valence-electron chi connectivity index (χ1n) is 4.00. The highest BCUT2D eigenvalue weighted by Gasteiger charge is 2.15. The summed E-state index contributed by atoms with van der Waals surface area (Å²) >= 11 is 0. The van der Waals surface area contributed by atoms with Gasteiger partial charge in [0.25, 0.3) is 0 Å². The number of ether oxygens (including phenoxy) is 4. The molecule has 0 aromatic heterocycles. The highest BCUT2D eigenvalue weighted by atomic mass is 16.8. The van der Waals surface area contributed by atoms with E-state index < -0.39 is 12.3 Å². The van der Waals surface area contributed by atoms with Crippen molar-refractivity contribution in [1.29, 1.82) is 0 Å². The van der Waals surface area contributed by atoms with Gasteiger partial charge in [0, 0.05) is 6.42 Å². The lowest BCUT2D eigenvalue weighted by Gasteiger charge is -2.09. The van der Waals surface area contributed by atoms with E-state index in [0.29, 0.717) is 19.0 Å². The SMILES string of the molecule is C=C1COC(=O)O1.O=C1OCCCO1. The van der Waals surface area contributed by atoms with Gasteiger partial charge < -0.3 is 18.9 Å². The molecule has 6 nitrogen and oxygen atoms in total. The van der Waals surface area contributed by atoms with E-state index in [1.54, 1.807) is 0 Å². The molecule has 0 aliphatic carbocycles. The molecule has 0 spiro atoms. The molecule has 0 radical (unpaired) electrons. The van der Waals surface area contributed by atoms with Crippen molar-refractivity contribution in [3.8, 4) is 0 Å². The van der Waals surface area contributed by atoms with E-state index in [2.05, 4.69) is 25.5 Å². The van der Waals surface area contributed by atoms with E-state index >= 15 is 0 Å². The summed E-state index contributed by atoms with van der Waals surface area (Å²) in [4.78, 5) is 20.0. The van der Waals surface area contributed by atoms with Crippen molar-refractivity contribution < 1.29 is 28.5 Å². The zero-order chi connectivity index (χ0) is 10.4.